The van der Waals surface area contributed by atoms with E-state index in [1.54, 1.807) is 23.0 Å². The van der Waals surface area contributed by atoms with Gasteiger partial charge in [-0.25, -0.2) is 13.4 Å². The summed E-state index contributed by atoms with van der Waals surface area (Å²) in [5.74, 6) is -0.134. The van der Waals surface area contributed by atoms with Gasteiger partial charge in [0.25, 0.3) is 5.91 Å². The molecule has 0 N–H and O–H groups in total. The van der Waals surface area contributed by atoms with E-state index in [0.29, 0.717) is 31.9 Å². The van der Waals surface area contributed by atoms with Crippen molar-refractivity contribution >= 4 is 37.5 Å². The summed E-state index contributed by atoms with van der Waals surface area (Å²) in [7, 11) is -1.88. The van der Waals surface area contributed by atoms with Crippen LogP contribution in [0, 0.1) is 0 Å². The van der Waals surface area contributed by atoms with E-state index in [9.17, 15) is 13.2 Å². The zero-order valence-electron chi connectivity index (χ0n) is 19.6. The van der Waals surface area contributed by atoms with Crippen molar-refractivity contribution in [3.63, 3.8) is 0 Å². The Balaban J connectivity index is 1.44. The van der Waals surface area contributed by atoms with Crippen LogP contribution < -0.4 is 0 Å². The van der Waals surface area contributed by atoms with Crippen molar-refractivity contribution in [3.05, 3.63) is 47.2 Å². The van der Waals surface area contributed by atoms with Crippen LogP contribution >= 0.6 is 11.3 Å². The van der Waals surface area contributed by atoms with Crippen molar-refractivity contribution in [3.8, 4) is 0 Å². The molecule has 8 nitrogen and oxygen atoms in total. The maximum Gasteiger partial charge on any atom is 0.270 e. The molecule has 1 saturated heterocycles. The molecule has 1 aliphatic heterocycles. The number of benzene rings is 1. The number of carbonyl (C=O) groups is 1. The number of hydrogen-bond acceptors (Lipinski definition) is 6. The molecule has 0 radical (unpaired) electrons. The van der Waals surface area contributed by atoms with Gasteiger partial charge in [-0.05, 0) is 25.1 Å². The number of fused-ring (bicyclic) bond motifs is 1. The Morgan fingerprint density at radius 3 is 2.45 bits per heavy atom. The molecule has 1 atom stereocenters. The first kappa shape index (κ1) is 23.9. The van der Waals surface area contributed by atoms with E-state index in [1.807, 2.05) is 36.9 Å². The summed E-state index contributed by atoms with van der Waals surface area (Å²) in [5, 5.41) is 1.09. The van der Waals surface area contributed by atoms with Gasteiger partial charge in [-0.15, -0.1) is 11.3 Å². The van der Waals surface area contributed by atoms with Crippen LogP contribution in [0.5, 0.6) is 0 Å². The van der Waals surface area contributed by atoms with E-state index in [-0.39, 0.29) is 16.8 Å². The Morgan fingerprint density at radius 2 is 1.82 bits per heavy atom. The van der Waals surface area contributed by atoms with Crippen molar-refractivity contribution < 1.29 is 13.2 Å². The van der Waals surface area contributed by atoms with Crippen LogP contribution in [0.3, 0.4) is 0 Å². The summed E-state index contributed by atoms with van der Waals surface area (Å²) in [5.41, 5.74) is 1.42. The average molecular weight is 490 g/mol. The number of rotatable bonds is 7. The second-order valence-corrected chi connectivity index (χ2v) is 11.3. The van der Waals surface area contributed by atoms with E-state index in [4.69, 9.17) is 4.98 Å². The van der Waals surface area contributed by atoms with Crippen LogP contribution in [0.15, 0.2) is 41.4 Å². The minimum absolute atomic E-state index is 0.134. The van der Waals surface area contributed by atoms with Gasteiger partial charge >= 0.3 is 0 Å². The van der Waals surface area contributed by atoms with E-state index < -0.39 is 10.0 Å². The van der Waals surface area contributed by atoms with Crippen molar-refractivity contribution in [1.29, 1.82) is 0 Å². The van der Waals surface area contributed by atoms with Crippen LogP contribution in [0.2, 0.25) is 0 Å². The summed E-state index contributed by atoms with van der Waals surface area (Å²) in [6.45, 7) is 9.26. The number of carbonyl (C=O) groups excluding carboxylic acids is 1. The lowest BCUT2D eigenvalue weighted by Crippen LogP contribution is -2.49. The normalized spacial score (nSPS) is 16.6. The van der Waals surface area contributed by atoms with Crippen LogP contribution in [0.25, 0.3) is 10.2 Å². The number of hydrogen-bond donors (Lipinski definition) is 0. The number of aromatic nitrogens is 2. The predicted octanol–water partition coefficient (Wildman–Crippen LogP) is 3.18. The molecule has 3 heterocycles. The lowest BCUT2D eigenvalue weighted by molar-refractivity contribution is 0.0573. The Kier molecular flexibility index (Phi) is 6.90. The first-order valence-corrected chi connectivity index (χ1v) is 13.6. The number of piperazine rings is 1. The smallest absolute Gasteiger partial charge is 0.270 e. The molecule has 4 rings (SSSR count). The quantitative estimate of drug-likeness (QED) is 0.509. The van der Waals surface area contributed by atoms with Crippen LogP contribution in [-0.2, 0) is 17.1 Å². The zero-order valence-corrected chi connectivity index (χ0v) is 21.2. The minimum atomic E-state index is -3.60. The Morgan fingerprint density at radius 1 is 1.15 bits per heavy atom. The number of sulfonamides is 1. The number of thiazole rings is 1. The Hall–Kier alpha value is -2.27. The molecule has 3 aromatic rings. The standard InChI is InChI=1S/C23H31N5O3S2/c1-5-28(6-2)33(30,31)18-15-20(25(4)16-18)23(29)27-13-11-26(12-14-27)17(3)22-24-19-9-7-8-10-21(19)32-22/h7-10,15-17H,5-6,11-14H2,1-4H3/t17-/m1/s1. The van der Waals surface area contributed by atoms with Crippen molar-refractivity contribution in [2.24, 2.45) is 7.05 Å². The number of amides is 1. The van der Waals surface area contributed by atoms with Gasteiger partial charge in [-0.1, -0.05) is 26.0 Å². The third-order valence-corrected chi connectivity index (χ3v) is 9.58. The highest BCUT2D eigenvalue weighted by Crippen LogP contribution is 2.30. The molecule has 178 valence electrons. The van der Waals surface area contributed by atoms with E-state index >= 15 is 0 Å². The summed E-state index contributed by atoms with van der Waals surface area (Å²) >= 11 is 1.72. The highest BCUT2D eigenvalue weighted by atomic mass is 32.2. The molecule has 10 heteroatoms. The van der Waals surface area contributed by atoms with Crippen molar-refractivity contribution in [2.75, 3.05) is 39.3 Å². The number of para-hydroxylation sites is 1. The molecule has 0 spiro atoms. The predicted molar refractivity (Wildman–Crippen MR) is 131 cm³/mol. The van der Waals surface area contributed by atoms with E-state index in [2.05, 4.69) is 17.9 Å². The molecule has 33 heavy (non-hydrogen) atoms. The first-order chi connectivity index (χ1) is 15.8. The van der Waals surface area contributed by atoms with Gasteiger partial charge in [-0.3, -0.25) is 9.69 Å². The largest absolute Gasteiger partial charge is 0.345 e. The molecular weight excluding hydrogens is 458 g/mol. The average Bonchev–Trinajstić information content (AvgIpc) is 3.43. The molecule has 1 aliphatic rings. The molecule has 2 aromatic heterocycles. The second kappa shape index (κ2) is 9.54. The second-order valence-electron chi connectivity index (χ2n) is 8.29. The van der Waals surface area contributed by atoms with Gasteiger partial charge in [0.05, 0.1) is 16.3 Å². The SMILES string of the molecule is CCN(CC)S(=O)(=O)c1cc(C(=O)N2CCN([C@H](C)c3nc4ccccc4s3)CC2)n(C)c1. The molecule has 0 aliphatic carbocycles. The van der Waals surface area contributed by atoms with Gasteiger partial charge in [0.2, 0.25) is 10.0 Å². The van der Waals surface area contributed by atoms with Gasteiger partial charge in [-0.2, -0.15) is 4.31 Å². The van der Waals surface area contributed by atoms with Crippen molar-refractivity contribution in [1.82, 2.24) is 23.7 Å². The molecule has 0 unspecified atom stereocenters. The zero-order chi connectivity index (χ0) is 23.8. The third-order valence-electron chi connectivity index (χ3n) is 6.36. The first-order valence-electron chi connectivity index (χ1n) is 11.3. The topological polar surface area (TPSA) is 78.8 Å². The highest BCUT2D eigenvalue weighted by Gasteiger charge is 2.30. The Bertz CT molecular complexity index is 1210. The highest BCUT2D eigenvalue weighted by molar-refractivity contribution is 7.89. The van der Waals surface area contributed by atoms with Gasteiger partial charge < -0.3 is 9.47 Å². The van der Waals surface area contributed by atoms with Crippen LogP contribution in [0.4, 0.5) is 0 Å². The summed E-state index contributed by atoms with van der Waals surface area (Å²) in [6, 6.07) is 9.85. The summed E-state index contributed by atoms with van der Waals surface area (Å²) in [4.78, 5) is 22.3. The van der Waals surface area contributed by atoms with Gasteiger partial charge in [0.15, 0.2) is 0 Å². The summed E-state index contributed by atoms with van der Waals surface area (Å²) < 4.78 is 29.9. The molecule has 0 saturated carbocycles. The minimum Gasteiger partial charge on any atom is -0.345 e. The van der Waals surface area contributed by atoms with E-state index in [1.165, 1.54) is 21.3 Å². The van der Waals surface area contributed by atoms with Crippen LogP contribution in [-0.4, -0.2) is 77.2 Å². The lowest BCUT2D eigenvalue weighted by atomic mass is 10.2. The monoisotopic (exact) mass is 489 g/mol. The molecule has 1 fully saturated rings. The lowest BCUT2D eigenvalue weighted by Gasteiger charge is -2.37. The summed E-state index contributed by atoms with van der Waals surface area (Å²) in [6.07, 6.45) is 1.53. The molecule has 0 bridgehead atoms. The molecular formula is C23H31N5O3S2. The van der Waals surface area contributed by atoms with Crippen molar-refractivity contribution in [2.45, 2.75) is 31.7 Å². The fourth-order valence-corrected chi connectivity index (χ4v) is 6.88. The van der Waals surface area contributed by atoms with Gasteiger partial charge in [0, 0.05) is 52.5 Å². The molecule has 1 amide bonds. The number of aryl methyl sites for hydroxylation is 1. The van der Waals surface area contributed by atoms with Gasteiger partial charge in [0.1, 0.15) is 15.6 Å². The third kappa shape index (κ3) is 4.57. The molecule has 1 aromatic carbocycles. The fourth-order valence-electron chi connectivity index (χ4n) is 4.30. The number of nitrogens with zero attached hydrogens (tertiary/aromatic N) is 5. The Labute approximate surface area is 199 Å². The van der Waals surface area contributed by atoms with E-state index in [0.717, 1.165) is 23.6 Å². The maximum atomic E-state index is 13.2. The maximum absolute atomic E-state index is 13.2. The van der Waals surface area contributed by atoms with Crippen LogP contribution in [0.1, 0.15) is 42.3 Å². The fraction of sp³-hybridized carbons (Fsp3) is 0.478.